The van der Waals surface area contributed by atoms with Crippen LogP contribution >= 0.6 is 0 Å². The third-order valence-corrected chi connectivity index (χ3v) is 3.19. The first kappa shape index (κ1) is 13.0. The molecule has 1 aliphatic rings. The molecule has 0 aromatic rings. The Balaban J connectivity index is 2.19. The SMILES string of the molecule is CC(CCC(=O)O)CNC(=O)C1(CN)CC1. The molecule has 1 amide bonds. The van der Waals surface area contributed by atoms with Gasteiger partial charge in [-0.15, -0.1) is 0 Å². The van der Waals surface area contributed by atoms with Crippen molar-refractivity contribution >= 4 is 11.9 Å². The van der Waals surface area contributed by atoms with E-state index in [9.17, 15) is 9.59 Å². The van der Waals surface area contributed by atoms with Crippen molar-refractivity contribution in [3.05, 3.63) is 0 Å². The van der Waals surface area contributed by atoms with Crippen LogP contribution in [0.25, 0.3) is 0 Å². The summed E-state index contributed by atoms with van der Waals surface area (Å²) in [4.78, 5) is 22.0. The summed E-state index contributed by atoms with van der Waals surface area (Å²) < 4.78 is 0. The summed E-state index contributed by atoms with van der Waals surface area (Å²) in [6, 6.07) is 0. The van der Waals surface area contributed by atoms with Gasteiger partial charge in [0.1, 0.15) is 0 Å². The van der Waals surface area contributed by atoms with Gasteiger partial charge in [0, 0.05) is 19.5 Å². The molecule has 1 rings (SSSR count). The van der Waals surface area contributed by atoms with Crippen LogP contribution in [-0.2, 0) is 9.59 Å². The van der Waals surface area contributed by atoms with E-state index in [1.54, 1.807) is 0 Å². The molecule has 0 aromatic heterocycles. The second-order valence-electron chi connectivity index (χ2n) is 4.73. The fraction of sp³-hybridized carbons (Fsp3) is 0.818. The summed E-state index contributed by atoms with van der Waals surface area (Å²) in [5.74, 6) is -0.579. The van der Waals surface area contributed by atoms with E-state index < -0.39 is 5.97 Å². The third-order valence-electron chi connectivity index (χ3n) is 3.19. The lowest BCUT2D eigenvalue weighted by molar-refractivity contribution is -0.137. The number of aliphatic carboxylic acids is 1. The minimum atomic E-state index is -0.793. The van der Waals surface area contributed by atoms with Gasteiger partial charge in [0.25, 0.3) is 0 Å². The van der Waals surface area contributed by atoms with Crippen LogP contribution in [0.1, 0.15) is 32.6 Å². The van der Waals surface area contributed by atoms with Gasteiger partial charge < -0.3 is 16.2 Å². The number of carbonyl (C=O) groups is 2. The van der Waals surface area contributed by atoms with Gasteiger partial charge in [0.2, 0.25) is 5.91 Å². The fourth-order valence-electron chi connectivity index (χ4n) is 1.60. The number of hydrogen-bond acceptors (Lipinski definition) is 3. The number of carboxylic acid groups (broad SMARTS) is 1. The Morgan fingerprint density at radius 2 is 2.12 bits per heavy atom. The van der Waals surface area contributed by atoms with Crippen molar-refractivity contribution in [1.82, 2.24) is 5.32 Å². The molecule has 1 aliphatic carbocycles. The molecule has 1 atom stereocenters. The van der Waals surface area contributed by atoms with Gasteiger partial charge in [0.15, 0.2) is 0 Å². The molecule has 1 unspecified atom stereocenters. The molecule has 16 heavy (non-hydrogen) atoms. The van der Waals surface area contributed by atoms with Crippen molar-refractivity contribution in [3.8, 4) is 0 Å². The zero-order valence-corrected chi connectivity index (χ0v) is 9.66. The molecule has 4 N–H and O–H groups in total. The van der Waals surface area contributed by atoms with E-state index in [2.05, 4.69) is 5.32 Å². The van der Waals surface area contributed by atoms with Crippen LogP contribution in [0.4, 0.5) is 0 Å². The van der Waals surface area contributed by atoms with Gasteiger partial charge in [-0.3, -0.25) is 9.59 Å². The van der Waals surface area contributed by atoms with Crippen LogP contribution in [0, 0.1) is 11.3 Å². The number of amides is 1. The standard InChI is InChI=1S/C11H20N2O3/c1-8(2-3-9(14)15)6-13-10(16)11(7-12)4-5-11/h8H,2-7,12H2,1H3,(H,13,16)(H,14,15). The zero-order chi connectivity index (χ0) is 12.2. The molecule has 0 bridgehead atoms. The molecule has 5 heteroatoms. The molecule has 0 heterocycles. The van der Waals surface area contributed by atoms with Gasteiger partial charge in [0.05, 0.1) is 5.41 Å². The summed E-state index contributed by atoms with van der Waals surface area (Å²) in [5, 5.41) is 11.4. The predicted octanol–water partition coefficient (Wildman–Crippen LogP) is 0.342. The fourth-order valence-corrected chi connectivity index (χ4v) is 1.60. The Morgan fingerprint density at radius 1 is 1.50 bits per heavy atom. The van der Waals surface area contributed by atoms with E-state index >= 15 is 0 Å². The van der Waals surface area contributed by atoms with Gasteiger partial charge >= 0.3 is 5.97 Å². The van der Waals surface area contributed by atoms with Crippen LogP contribution in [0.5, 0.6) is 0 Å². The van der Waals surface area contributed by atoms with Crippen molar-refractivity contribution in [2.45, 2.75) is 32.6 Å². The van der Waals surface area contributed by atoms with Gasteiger partial charge in [-0.05, 0) is 25.2 Å². The minimum Gasteiger partial charge on any atom is -0.481 e. The molecule has 0 radical (unpaired) electrons. The molecule has 1 saturated carbocycles. The third kappa shape index (κ3) is 3.48. The summed E-state index contributed by atoms with van der Waals surface area (Å²) in [7, 11) is 0. The van der Waals surface area contributed by atoms with E-state index in [0.29, 0.717) is 19.5 Å². The van der Waals surface area contributed by atoms with Crippen molar-refractivity contribution in [2.24, 2.45) is 17.1 Å². The molecular weight excluding hydrogens is 208 g/mol. The molecular formula is C11H20N2O3. The second kappa shape index (κ2) is 5.30. The first-order valence-corrected chi connectivity index (χ1v) is 5.70. The summed E-state index contributed by atoms with van der Waals surface area (Å²) in [6.07, 6.45) is 2.49. The lowest BCUT2D eigenvalue weighted by Crippen LogP contribution is -2.38. The second-order valence-corrected chi connectivity index (χ2v) is 4.73. The predicted molar refractivity (Wildman–Crippen MR) is 59.8 cm³/mol. The van der Waals surface area contributed by atoms with Crippen molar-refractivity contribution in [3.63, 3.8) is 0 Å². The molecule has 92 valence electrons. The van der Waals surface area contributed by atoms with E-state index in [1.165, 1.54) is 0 Å². The Labute approximate surface area is 95.4 Å². The van der Waals surface area contributed by atoms with Crippen LogP contribution in [0.15, 0.2) is 0 Å². The van der Waals surface area contributed by atoms with E-state index in [4.69, 9.17) is 10.8 Å². The number of nitrogens with one attached hydrogen (secondary N) is 1. The molecule has 0 aliphatic heterocycles. The number of hydrogen-bond donors (Lipinski definition) is 3. The maximum atomic E-state index is 11.7. The molecule has 0 aromatic carbocycles. The average molecular weight is 228 g/mol. The van der Waals surface area contributed by atoms with E-state index in [1.807, 2.05) is 6.92 Å². The van der Waals surface area contributed by atoms with Gasteiger partial charge in [-0.2, -0.15) is 0 Å². The first-order chi connectivity index (χ1) is 7.50. The smallest absolute Gasteiger partial charge is 0.303 e. The lowest BCUT2D eigenvalue weighted by Gasteiger charge is -2.15. The van der Waals surface area contributed by atoms with Crippen molar-refractivity contribution in [1.29, 1.82) is 0 Å². The van der Waals surface area contributed by atoms with Crippen LogP contribution in [0.2, 0.25) is 0 Å². The number of rotatable bonds is 7. The van der Waals surface area contributed by atoms with Crippen molar-refractivity contribution < 1.29 is 14.7 Å². The maximum absolute atomic E-state index is 11.7. The molecule has 0 spiro atoms. The topological polar surface area (TPSA) is 92.4 Å². The van der Waals surface area contributed by atoms with Crippen LogP contribution < -0.4 is 11.1 Å². The number of carboxylic acids is 1. The highest BCUT2D eigenvalue weighted by molar-refractivity contribution is 5.85. The largest absolute Gasteiger partial charge is 0.481 e. The highest BCUT2D eigenvalue weighted by atomic mass is 16.4. The molecule has 0 saturated heterocycles. The molecule has 5 nitrogen and oxygen atoms in total. The van der Waals surface area contributed by atoms with Crippen LogP contribution in [-0.4, -0.2) is 30.1 Å². The first-order valence-electron chi connectivity index (χ1n) is 5.70. The van der Waals surface area contributed by atoms with E-state index in [0.717, 1.165) is 12.8 Å². The quantitative estimate of drug-likeness (QED) is 0.586. The minimum absolute atomic E-state index is 0.0252. The van der Waals surface area contributed by atoms with E-state index in [-0.39, 0.29) is 23.7 Å². The number of carbonyl (C=O) groups excluding carboxylic acids is 1. The summed E-state index contributed by atoms with van der Waals surface area (Å²) in [6.45, 7) is 2.88. The number of nitrogens with two attached hydrogens (primary N) is 1. The Bertz CT molecular complexity index is 274. The Morgan fingerprint density at radius 3 is 2.56 bits per heavy atom. The Hall–Kier alpha value is -1.10. The normalized spacial score (nSPS) is 18.9. The lowest BCUT2D eigenvalue weighted by atomic mass is 10.0. The monoisotopic (exact) mass is 228 g/mol. The zero-order valence-electron chi connectivity index (χ0n) is 9.66. The highest BCUT2D eigenvalue weighted by Gasteiger charge is 2.48. The summed E-state index contributed by atoms with van der Waals surface area (Å²) in [5.41, 5.74) is 5.22. The van der Waals surface area contributed by atoms with Gasteiger partial charge in [-0.25, -0.2) is 0 Å². The highest BCUT2D eigenvalue weighted by Crippen LogP contribution is 2.44. The van der Waals surface area contributed by atoms with Crippen LogP contribution in [0.3, 0.4) is 0 Å². The Kier molecular flexibility index (Phi) is 4.29. The maximum Gasteiger partial charge on any atom is 0.303 e. The summed E-state index contributed by atoms with van der Waals surface area (Å²) >= 11 is 0. The van der Waals surface area contributed by atoms with Crippen molar-refractivity contribution in [2.75, 3.05) is 13.1 Å². The molecule has 1 fully saturated rings. The average Bonchev–Trinajstić information content (AvgIpc) is 3.03. The van der Waals surface area contributed by atoms with Gasteiger partial charge in [-0.1, -0.05) is 6.92 Å².